The van der Waals surface area contributed by atoms with Crippen LogP contribution in [0.1, 0.15) is 59.3 Å². The lowest BCUT2D eigenvalue weighted by molar-refractivity contribution is -0.139. The van der Waals surface area contributed by atoms with Gasteiger partial charge in [0, 0.05) is 5.57 Å². The number of rotatable bonds is 9. The van der Waals surface area contributed by atoms with Crippen LogP contribution >= 0.6 is 0 Å². The molecule has 0 saturated heterocycles. The lowest BCUT2D eigenvalue weighted by Crippen LogP contribution is -2.06. The quantitative estimate of drug-likeness (QED) is 0.336. The van der Waals surface area contributed by atoms with Gasteiger partial charge in [0.15, 0.2) is 0 Å². The van der Waals surface area contributed by atoms with Gasteiger partial charge in [-0.15, -0.1) is 0 Å². The van der Waals surface area contributed by atoms with E-state index in [1.807, 2.05) is 0 Å². The molecule has 0 heterocycles. The molecule has 0 rings (SSSR count). The maximum absolute atomic E-state index is 11.1. The first-order valence-electron chi connectivity index (χ1n) is 6.40. The van der Waals surface area contributed by atoms with Crippen molar-refractivity contribution in [2.45, 2.75) is 59.3 Å². The summed E-state index contributed by atoms with van der Waals surface area (Å²) in [7, 11) is 0. The molecule has 0 fully saturated rings. The van der Waals surface area contributed by atoms with Crippen LogP contribution in [0.15, 0.2) is 12.2 Å². The van der Waals surface area contributed by atoms with E-state index in [1.54, 1.807) is 6.92 Å². The molecule has 0 bridgehead atoms. The summed E-state index contributed by atoms with van der Waals surface area (Å²) < 4.78 is 5.03. The number of unbranched alkanes of at least 4 members (excludes halogenated alkanes) is 2. The molecule has 0 radical (unpaired) electrons. The predicted octanol–water partition coefficient (Wildman–Crippen LogP) is 4.10. The molecule has 1 unspecified atom stereocenters. The second kappa shape index (κ2) is 9.44. The molecule has 0 aromatic carbocycles. The topological polar surface area (TPSA) is 26.3 Å². The van der Waals surface area contributed by atoms with Gasteiger partial charge >= 0.3 is 5.97 Å². The third kappa shape index (κ3) is 8.51. The number of ether oxygens (including phenoxy) is 1. The molecule has 0 spiro atoms. The minimum absolute atomic E-state index is 0.265. The van der Waals surface area contributed by atoms with Crippen LogP contribution in [0, 0.1) is 5.92 Å². The number of carbonyl (C=O) groups excluding carboxylic acids is 1. The maximum atomic E-state index is 11.1. The lowest BCUT2D eigenvalue weighted by Gasteiger charge is -2.10. The van der Waals surface area contributed by atoms with Crippen molar-refractivity contribution in [2.75, 3.05) is 6.61 Å². The van der Waals surface area contributed by atoms with Gasteiger partial charge < -0.3 is 4.74 Å². The number of carbonyl (C=O) groups is 1. The van der Waals surface area contributed by atoms with Crippen LogP contribution in [0.2, 0.25) is 0 Å². The van der Waals surface area contributed by atoms with E-state index < -0.39 is 0 Å². The van der Waals surface area contributed by atoms with Crippen LogP contribution in [-0.2, 0) is 9.53 Å². The molecule has 0 aliphatic heterocycles. The van der Waals surface area contributed by atoms with Crippen LogP contribution in [0.4, 0.5) is 0 Å². The molecule has 0 aliphatic carbocycles. The monoisotopic (exact) mass is 226 g/mol. The fraction of sp³-hybridized carbons (Fsp3) is 0.786. The normalized spacial score (nSPS) is 12.2. The highest BCUT2D eigenvalue weighted by Crippen LogP contribution is 2.14. The van der Waals surface area contributed by atoms with Crippen LogP contribution in [-0.4, -0.2) is 12.6 Å². The Labute approximate surface area is 100 Å². The Morgan fingerprint density at radius 2 is 1.88 bits per heavy atom. The summed E-state index contributed by atoms with van der Waals surface area (Å²) >= 11 is 0. The molecule has 1 atom stereocenters. The fourth-order valence-electron chi connectivity index (χ4n) is 1.58. The SMILES string of the molecule is C=C(C)C(=O)OCCCCC(C)CCCC. The molecule has 0 aliphatic rings. The van der Waals surface area contributed by atoms with E-state index in [0.29, 0.717) is 12.2 Å². The summed E-state index contributed by atoms with van der Waals surface area (Å²) in [4.78, 5) is 11.1. The standard InChI is InChI=1S/C14H26O2/c1-5-6-9-13(4)10-7-8-11-16-14(15)12(2)3/h13H,2,5-11H2,1,3-4H3. The van der Waals surface area contributed by atoms with Gasteiger partial charge in [-0.05, 0) is 25.7 Å². The second-order valence-corrected chi connectivity index (χ2v) is 4.66. The largest absolute Gasteiger partial charge is 0.462 e. The van der Waals surface area contributed by atoms with Crippen molar-refractivity contribution in [1.82, 2.24) is 0 Å². The first-order chi connectivity index (χ1) is 7.57. The zero-order valence-electron chi connectivity index (χ0n) is 11.1. The van der Waals surface area contributed by atoms with E-state index in [9.17, 15) is 4.79 Å². The van der Waals surface area contributed by atoms with Gasteiger partial charge in [0.25, 0.3) is 0 Å². The Kier molecular flexibility index (Phi) is 8.97. The summed E-state index contributed by atoms with van der Waals surface area (Å²) in [6, 6.07) is 0. The number of esters is 1. The Morgan fingerprint density at radius 1 is 1.25 bits per heavy atom. The van der Waals surface area contributed by atoms with Gasteiger partial charge in [0.1, 0.15) is 0 Å². The molecule has 0 amide bonds. The van der Waals surface area contributed by atoms with Crippen molar-refractivity contribution in [3.05, 3.63) is 12.2 Å². The van der Waals surface area contributed by atoms with E-state index in [-0.39, 0.29) is 5.97 Å². The minimum atomic E-state index is -0.265. The van der Waals surface area contributed by atoms with Crippen molar-refractivity contribution < 1.29 is 9.53 Å². The minimum Gasteiger partial charge on any atom is -0.462 e. The highest BCUT2D eigenvalue weighted by atomic mass is 16.5. The first kappa shape index (κ1) is 15.2. The van der Waals surface area contributed by atoms with Crippen LogP contribution in [0.5, 0.6) is 0 Å². The predicted molar refractivity (Wildman–Crippen MR) is 68.3 cm³/mol. The Morgan fingerprint density at radius 3 is 2.44 bits per heavy atom. The Bertz CT molecular complexity index is 209. The third-order valence-corrected chi connectivity index (χ3v) is 2.72. The van der Waals surface area contributed by atoms with E-state index in [1.165, 1.54) is 25.7 Å². The molecule has 2 nitrogen and oxygen atoms in total. The highest BCUT2D eigenvalue weighted by molar-refractivity contribution is 5.86. The summed E-state index contributed by atoms with van der Waals surface area (Å²) in [5.41, 5.74) is 0.483. The summed E-state index contributed by atoms with van der Waals surface area (Å²) in [6.45, 7) is 10.3. The van der Waals surface area contributed by atoms with Gasteiger partial charge in [-0.25, -0.2) is 4.79 Å². The lowest BCUT2D eigenvalue weighted by atomic mass is 9.98. The van der Waals surface area contributed by atoms with Crippen LogP contribution in [0.3, 0.4) is 0 Å². The van der Waals surface area contributed by atoms with E-state index in [2.05, 4.69) is 20.4 Å². The van der Waals surface area contributed by atoms with Gasteiger partial charge in [0.05, 0.1) is 6.61 Å². The molecular weight excluding hydrogens is 200 g/mol. The summed E-state index contributed by atoms with van der Waals surface area (Å²) in [5.74, 6) is 0.538. The summed E-state index contributed by atoms with van der Waals surface area (Å²) in [5, 5.41) is 0. The van der Waals surface area contributed by atoms with Crippen molar-refractivity contribution in [3.63, 3.8) is 0 Å². The first-order valence-corrected chi connectivity index (χ1v) is 6.40. The summed E-state index contributed by atoms with van der Waals surface area (Å²) in [6.07, 6.45) is 7.28. The van der Waals surface area contributed by atoms with Crippen molar-refractivity contribution in [1.29, 1.82) is 0 Å². The molecule has 2 heteroatoms. The zero-order valence-corrected chi connectivity index (χ0v) is 11.1. The molecule has 0 N–H and O–H groups in total. The van der Waals surface area contributed by atoms with Gasteiger partial charge in [-0.1, -0.05) is 46.1 Å². The zero-order chi connectivity index (χ0) is 12.4. The number of hydrogen-bond acceptors (Lipinski definition) is 2. The third-order valence-electron chi connectivity index (χ3n) is 2.72. The van der Waals surface area contributed by atoms with Crippen molar-refractivity contribution in [3.8, 4) is 0 Å². The van der Waals surface area contributed by atoms with Crippen molar-refractivity contribution >= 4 is 5.97 Å². The van der Waals surface area contributed by atoms with E-state index >= 15 is 0 Å². The molecular formula is C14H26O2. The molecule has 94 valence electrons. The van der Waals surface area contributed by atoms with Crippen molar-refractivity contribution in [2.24, 2.45) is 5.92 Å². The van der Waals surface area contributed by atoms with Crippen LogP contribution in [0.25, 0.3) is 0 Å². The molecule has 16 heavy (non-hydrogen) atoms. The Hall–Kier alpha value is -0.790. The Balaban J connectivity index is 3.33. The van der Waals surface area contributed by atoms with Gasteiger partial charge in [-0.3, -0.25) is 0 Å². The molecule has 0 saturated carbocycles. The highest BCUT2D eigenvalue weighted by Gasteiger charge is 2.04. The van der Waals surface area contributed by atoms with E-state index in [0.717, 1.165) is 18.8 Å². The molecule has 0 aromatic rings. The van der Waals surface area contributed by atoms with Crippen LogP contribution < -0.4 is 0 Å². The smallest absolute Gasteiger partial charge is 0.333 e. The van der Waals surface area contributed by atoms with Gasteiger partial charge in [0.2, 0.25) is 0 Å². The average Bonchev–Trinajstić information content (AvgIpc) is 2.25. The van der Waals surface area contributed by atoms with E-state index in [4.69, 9.17) is 4.74 Å². The average molecular weight is 226 g/mol. The maximum Gasteiger partial charge on any atom is 0.333 e. The molecule has 0 aromatic heterocycles. The second-order valence-electron chi connectivity index (χ2n) is 4.66. The van der Waals surface area contributed by atoms with Gasteiger partial charge in [-0.2, -0.15) is 0 Å². The number of hydrogen-bond donors (Lipinski definition) is 0. The fourth-order valence-corrected chi connectivity index (χ4v) is 1.58.